The van der Waals surface area contributed by atoms with E-state index in [1.807, 2.05) is 0 Å². The van der Waals surface area contributed by atoms with E-state index in [1.54, 1.807) is 12.1 Å². The molecule has 10 heteroatoms. The number of aliphatic hydroxyl groups is 1. The fourth-order valence-corrected chi connectivity index (χ4v) is 3.66. The number of halogens is 2. The van der Waals surface area contributed by atoms with Crippen LogP contribution in [-0.4, -0.2) is 45.0 Å². The molecule has 1 amide bonds. The average molecular weight is 471 g/mol. The lowest BCUT2D eigenvalue weighted by Crippen LogP contribution is -2.46. The second-order valence-electron chi connectivity index (χ2n) is 6.78. The summed E-state index contributed by atoms with van der Waals surface area (Å²) in [5.74, 6) is -0.310. The molecule has 0 saturated carbocycles. The standard InChI is InChI=1S/C18H21BrClN5O3/c1-10(26)23-24-11(5-16-17(27)3-2-4-21-16)8-25-9-22-15-7-13(19)14(20)6-12(15)18(25)28/h6-7,9,16-17,21,27H,2-5,8H2,1H3,(H,23,26)/b24-11-/t16-,17+/m0/s1. The molecule has 1 aromatic carbocycles. The molecule has 1 aliphatic heterocycles. The van der Waals surface area contributed by atoms with Gasteiger partial charge in [-0.15, -0.1) is 0 Å². The minimum atomic E-state index is -0.501. The summed E-state index contributed by atoms with van der Waals surface area (Å²) < 4.78 is 2.08. The quantitative estimate of drug-likeness (QED) is 0.456. The van der Waals surface area contributed by atoms with Crippen LogP contribution in [0.25, 0.3) is 10.9 Å². The number of carbonyl (C=O) groups excluding carboxylic acids is 1. The van der Waals surface area contributed by atoms with Gasteiger partial charge >= 0.3 is 0 Å². The van der Waals surface area contributed by atoms with E-state index in [0.717, 1.165) is 13.0 Å². The lowest BCUT2D eigenvalue weighted by atomic mass is 9.96. The van der Waals surface area contributed by atoms with Crippen LogP contribution < -0.4 is 16.3 Å². The first kappa shape index (κ1) is 20.9. The first-order chi connectivity index (χ1) is 13.3. The molecule has 28 heavy (non-hydrogen) atoms. The third-order valence-electron chi connectivity index (χ3n) is 4.59. The largest absolute Gasteiger partial charge is 0.391 e. The second kappa shape index (κ2) is 9.13. The van der Waals surface area contributed by atoms with Gasteiger partial charge in [-0.25, -0.2) is 10.4 Å². The molecule has 0 spiro atoms. The molecule has 0 aliphatic carbocycles. The lowest BCUT2D eigenvalue weighted by molar-refractivity contribution is -0.118. The van der Waals surface area contributed by atoms with E-state index in [9.17, 15) is 14.7 Å². The summed E-state index contributed by atoms with van der Waals surface area (Å²) in [5.41, 5.74) is 3.25. The van der Waals surface area contributed by atoms with Crippen LogP contribution in [0.5, 0.6) is 0 Å². The summed E-state index contributed by atoms with van der Waals surface area (Å²) in [7, 11) is 0. The highest BCUT2D eigenvalue weighted by Crippen LogP contribution is 2.25. The van der Waals surface area contributed by atoms with Crippen LogP contribution in [-0.2, 0) is 11.3 Å². The van der Waals surface area contributed by atoms with Gasteiger partial charge in [-0.05, 0) is 47.4 Å². The molecule has 1 aromatic heterocycles. The number of benzene rings is 1. The van der Waals surface area contributed by atoms with Crippen molar-refractivity contribution in [2.24, 2.45) is 5.10 Å². The Labute approximate surface area is 175 Å². The van der Waals surface area contributed by atoms with Gasteiger partial charge in [0.2, 0.25) is 5.91 Å². The average Bonchev–Trinajstić information content (AvgIpc) is 2.65. The van der Waals surface area contributed by atoms with Crippen LogP contribution in [0.4, 0.5) is 0 Å². The summed E-state index contributed by atoms with van der Waals surface area (Å²) in [4.78, 5) is 28.5. The van der Waals surface area contributed by atoms with Crippen LogP contribution in [0.3, 0.4) is 0 Å². The molecule has 1 aliphatic rings. The number of aliphatic hydroxyl groups excluding tert-OH is 1. The van der Waals surface area contributed by atoms with Crippen molar-refractivity contribution in [3.05, 3.63) is 38.3 Å². The molecule has 2 heterocycles. The number of piperidine rings is 1. The summed E-state index contributed by atoms with van der Waals surface area (Å²) in [5, 5.41) is 18.4. The Bertz CT molecular complexity index is 978. The number of nitrogens with one attached hydrogen (secondary N) is 2. The van der Waals surface area contributed by atoms with E-state index in [2.05, 4.69) is 36.8 Å². The van der Waals surface area contributed by atoms with Crippen LogP contribution in [0.2, 0.25) is 5.02 Å². The number of rotatable bonds is 5. The summed E-state index contributed by atoms with van der Waals surface area (Å²) in [6, 6.07) is 3.08. The molecular weight excluding hydrogens is 450 g/mol. The topological polar surface area (TPSA) is 109 Å². The Morgan fingerprint density at radius 2 is 2.32 bits per heavy atom. The predicted octanol–water partition coefficient (Wildman–Crippen LogP) is 1.81. The predicted molar refractivity (Wildman–Crippen MR) is 112 cm³/mol. The van der Waals surface area contributed by atoms with Crippen LogP contribution in [0.15, 0.2) is 32.8 Å². The third kappa shape index (κ3) is 4.96. The summed E-state index contributed by atoms with van der Waals surface area (Å²) in [6.45, 7) is 2.30. The van der Waals surface area contributed by atoms with E-state index in [1.165, 1.54) is 17.8 Å². The smallest absolute Gasteiger partial charge is 0.261 e. The maximum Gasteiger partial charge on any atom is 0.261 e. The highest BCUT2D eigenvalue weighted by atomic mass is 79.9. The van der Waals surface area contributed by atoms with Gasteiger partial charge in [-0.1, -0.05) is 11.6 Å². The number of nitrogens with zero attached hydrogens (tertiary/aromatic N) is 3. The maximum atomic E-state index is 12.9. The van der Waals surface area contributed by atoms with Crippen molar-refractivity contribution in [2.75, 3.05) is 6.54 Å². The Hall–Kier alpha value is -1.81. The minimum absolute atomic E-state index is 0.140. The molecular formula is C18H21BrClN5O3. The van der Waals surface area contributed by atoms with E-state index in [4.69, 9.17) is 11.6 Å². The lowest BCUT2D eigenvalue weighted by Gasteiger charge is -2.29. The van der Waals surface area contributed by atoms with Crippen molar-refractivity contribution >= 4 is 50.1 Å². The zero-order valence-corrected chi connectivity index (χ0v) is 17.6. The van der Waals surface area contributed by atoms with Gasteiger partial charge in [0.15, 0.2) is 0 Å². The SMILES string of the molecule is CC(=O)N/N=C(/C[C@@H]1NCCC[C@H]1O)Cn1cnc2cc(Br)c(Cl)cc2c1=O. The van der Waals surface area contributed by atoms with Gasteiger partial charge in [-0.3, -0.25) is 14.2 Å². The normalized spacial score (nSPS) is 20.4. The minimum Gasteiger partial charge on any atom is -0.391 e. The fraction of sp³-hybridized carbons (Fsp3) is 0.444. The molecule has 1 fully saturated rings. The van der Waals surface area contributed by atoms with Crippen molar-refractivity contribution < 1.29 is 9.90 Å². The zero-order valence-electron chi connectivity index (χ0n) is 15.3. The molecule has 3 rings (SSSR count). The Morgan fingerprint density at radius 1 is 1.54 bits per heavy atom. The first-order valence-corrected chi connectivity index (χ1v) is 10.1. The number of hydrazone groups is 1. The molecule has 2 atom stereocenters. The number of aromatic nitrogens is 2. The van der Waals surface area contributed by atoms with Crippen molar-refractivity contribution in [1.82, 2.24) is 20.3 Å². The monoisotopic (exact) mass is 469 g/mol. The Morgan fingerprint density at radius 3 is 3.04 bits per heavy atom. The molecule has 0 unspecified atom stereocenters. The van der Waals surface area contributed by atoms with Crippen molar-refractivity contribution in [3.8, 4) is 0 Å². The summed E-state index contributed by atoms with van der Waals surface area (Å²) in [6.07, 6.45) is 2.95. The molecule has 1 saturated heterocycles. The van der Waals surface area contributed by atoms with Gasteiger partial charge in [-0.2, -0.15) is 5.10 Å². The van der Waals surface area contributed by atoms with Gasteiger partial charge in [0.25, 0.3) is 5.56 Å². The van der Waals surface area contributed by atoms with Gasteiger partial charge in [0, 0.05) is 23.9 Å². The van der Waals surface area contributed by atoms with E-state index in [-0.39, 0.29) is 24.1 Å². The van der Waals surface area contributed by atoms with E-state index in [0.29, 0.717) is 39.0 Å². The highest BCUT2D eigenvalue weighted by Gasteiger charge is 2.24. The van der Waals surface area contributed by atoms with Crippen molar-refractivity contribution in [1.29, 1.82) is 0 Å². The van der Waals surface area contributed by atoms with Gasteiger partial charge in [0.05, 0.1) is 40.6 Å². The van der Waals surface area contributed by atoms with E-state index >= 15 is 0 Å². The van der Waals surface area contributed by atoms with Crippen LogP contribution in [0.1, 0.15) is 26.2 Å². The van der Waals surface area contributed by atoms with Gasteiger partial charge in [0.1, 0.15) is 0 Å². The number of hydrogen-bond acceptors (Lipinski definition) is 6. The van der Waals surface area contributed by atoms with Crippen LogP contribution in [0, 0.1) is 0 Å². The molecule has 2 aromatic rings. The fourth-order valence-electron chi connectivity index (χ4n) is 3.16. The van der Waals surface area contributed by atoms with Crippen molar-refractivity contribution in [3.63, 3.8) is 0 Å². The first-order valence-electron chi connectivity index (χ1n) is 8.93. The number of carbonyl (C=O) groups is 1. The zero-order chi connectivity index (χ0) is 20.3. The number of hydrogen-bond donors (Lipinski definition) is 3. The maximum absolute atomic E-state index is 12.9. The van der Waals surface area contributed by atoms with Gasteiger partial charge < -0.3 is 10.4 Å². The van der Waals surface area contributed by atoms with Crippen LogP contribution >= 0.6 is 27.5 Å². The Balaban J connectivity index is 1.90. The molecule has 150 valence electrons. The molecule has 0 bridgehead atoms. The molecule has 3 N–H and O–H groups in total. The molecule has 0 radical (unpaired) electrons. The van der Waals surface area contributed by atoms with Crippen molar-refractivity contribution in [2.45, 2.75) is 44.9 Å². The highest BCUT2D eigenvalue weighted by molar-refractivity contribution is 9.10. The Kier molecular flexibility index (Phi) is 6.82. The third-order valence-corrected chi connectivity index (χ3v) is 5.79. The number of amides is 1. The summed E-state index contributed by atoms with van der Waals surface area (Å²) >= 11 is 9.44. The molecule has 8 nitrogen and oxygen atoms in total. The van der Waals surface area contributed by atoms with E-state index < -0.39 is 6.10 Å². The second-order valence-corrected chi connectivity index (χ2v) is 8.04. The number of fused-ring (bicyclic) bond motifs is 1.